The van der Waals surface area contributed by atoms with Crippen molar-refractivity contribution < 1.29 is 19.1 Å². The number of aliphatic imine (C=N–C) groups is 1. The lowest BCUT2D eigenvalue weighted by molar-refractivity contribution is -0.124. The van der Waals surface area contributed by atoms with Crippen molar-refractivity contribution in [3.63, 3.8) is 0 Å². The first-order valence-corrected chi connectivity index (χ1v) is 12.7. The van der Waals surface area contributed by atoms with Gasteiger partial charge in [0.1, 0.15) is 11.5 Å². The van der Waals surface area contributed by atoms with Crippen LogP contribution >= 0.6 is 23.4 Å². The zero-order valence-electron chi connectivity index (χ0n) is 18.8. The second-order valence-corrected chi connectivity index (χ2v) is 9.93. The number of carboxylic acid groups (broad SMARTS) is 1. The van der Waals surface area contributed by atoms with Gasteiger partial charge in [-0.05, 0) is 67.1 Å². The minimum Gasteiger partial charge on any atom is -0.478 e. The smallest absolute Gasteiger partial charge is 0.337 e. The third-order valence-electron chi connectivity index (χ3n) is 6.14. The largest absolute Gasteiger partial charge is 0.478 e. The molecule has 8 heteroatoms. The Hall–Kier alpha value is -3.29. The van der Waals surface area contributed by atoms with E-state index in [0.717, 1.165) is 31.4 Å². The first kappa shape index (κ1) is 23.5. The molecule has 0 bridgehead atoms. The summed E-state index contributed by atoms with van der Waals surface area (Å²) in [4.78, 5) is 32.1. The molecular weight excluding hydrogens is 484 g/mol. The van der Waals surface area contributed by atoms with Crippen molar-refractivity contribution in [1.82, 2.24) is 4.90 Å². The van der Waals surface area contributed by atoms with Crippen LogP contribution in [0.15, 0.2) is 75.0 Å². The van der Waals surface area contributed by atoms with Gasteiger partial charge in [0.2, 0.25) is 0 Å². The molecule has 1 saturated carbocycles. The molecule has 0 atom stereocenters. The Kier molecular flexibility index (Phi) is 6.79. The number of halogens is 1. The van der Waals surface area contributed by atoms with Crippen LogP contribution in [0.25, 0.3) is 17.4 Å². The maximum atomic E-state index is 13.5. The number of nitrogens with zero attached hydrogens (tertiary/aromatic N) is 2. The number of rotatable bonds is 5. The predicted molar refractivity (Wildman–Crippen MR) is 139 cm³/mol. The van der Waals surface area contributed by atoms with Crippen molar-refractivity contribution in [3.8, 4) is 11.3 Å². The molecule has 178 valence electrons. The fourth-order valence-corrected chi connectivity index (χ4v) is 5.63. The zero-order valence-corrected chi connectivity index (χ0v) is 20.4. The van der Waals surface area contributed by atoms with Crippen LogP contribution in [0.5, 0.6) is 0 Å². The molecule has 35 heavy (non-hydrogen) atoms. The Morgan fingerprint density at radius 1 is 1.09 bits per heavy atom. The minimum absolute atomic E-state index is 0.00638. The third kappa shape index (κ3) is 5.06. The van der Waals surface area contributed by atoms with E-state index in [1.807, 2.05) is 35.2 Å². The van der Waals surface area contributed by atoms with E-state index in [4.69, 9.17) is 21.0 Å². The van der Waals surface area contributed by atoms with E-state index >= 15 is 0 Å². The molecular formula is C27H23ClN2O4S. The SMILES string of the molecule is O=C(O)c1cc(-c2ccc(/C=C3\SC(=Nc4ccccc4)N(C4CCCCC4)C3=O)o2)ccc1Cl. The fourth-order valence-electron chi connectivity index (χ4n) is 4.40. The molecule has 1 N–H and O–H groups in total. The molecule has 2 aliphatic rings. The summed E-state index contributed by atoms with van der Waals surface area (Å²) in [5.41, 5.74) is 1.41. The van der Waals surface area contributed by atoms with Crippen LogP contribution in [0.3, 0.4) is 0 Å². The molecule has 0 spiro atoms. The normalized spacial score (nSPS) is 19.1. The van der Waals surface area contributed by atoms with Gasteiger partial charge in [0.25, 0.3) is 5.91 Å². The number of para-hydroxylation sites is 1. The Balaban J connectivity index is 1.45. The summed E-state index contributed by atoms with van der Waals surface area (Å²) in [6, 6.07) is 18.0. The van der Waals surface area contributed by atoms with Crippen LogP contribution in [-0.2, 0) is 4.79 Å². The summed E-state index contributed by atoms with van der Waals surface area (Å²) in [6.45, 7) is 0. The maximum Gasteiger partial charge on any atom is 0.337 e. The van der Waals surface area contributed by atoms with Crippen LogP contribution in [0.4, 0.5) is 5.69 Å². The van der Waals surface area contributed by atoms with Gasteiger partial charge in [-0.25, -0.2) is 9.79 Å². The fraction of sp³-hybridized carbons (Fsp3) is 0.222. The maximum absolute atomic E-state index is 13.5. The number of carboxylic acids is 1. The molecule has 1 aliphatic heterocycles. The molecule has 5 rings (SSSR count). The van der Waals surface area contributed by atoms with Gasteiger partial charge in [0.05, 0.1) is 21.2 Å². The number of furan rings is 1. The highest BCUT2D eigenvalue weighted by molar-refractivity contribution is 8.18. The van der Waals surface area contributed by atoms with E-state index < -0.39 is 5.97 Å². The zero-order chi connectivity index (χ0) is 24.4. The molecule has 1 aliphatic carbocycles. The Morgan fingerprint density at radius 2 is 1.86 bits per heavy atom. The van der Waals surface area contributed by atoms with Gasteiger partial charge in [-0.3, -0.25) is 9.69 Å². The van der Waals surface area contributed by atoms with Crippen LogP contribution in [0.2, 0.25) is 5.02 Å². The Morgan fingerprint density at radius 3 is 2.60 bits per heavy atom. The quantitative estimate of drug-likeness (QED) is 0.369. The number of benzene rings is 2. The van der Waals surface area contributed by atoms with E-state index in [9.17, 15) is 14.7 Å². The summed E-state index contributed by atoms with van der Waals surface area (Å²) in [6.07, 6.45) is 7.09. The molecule has 1 amide bonds. The second kappa shape index (κ2) is 10.1. The highest BCUT2D eigenvalue weighted by Gasteiger charge is 2.38. The lowest BCUT2D eigenvalue weighted by atomic mass is 9.94. The number of amidine groups is 1. The Bertz CT molecular complexity index is 1330. The van der Waals surface area contributed by atoms with Crippen LogP contribution in [0, 0.1) is 0 Å². The van der Waals surface area contributed by atoms with Crippen molar-refractivity contribution in [2.75, 3.05) is 0 Å². The lowest BCUT2D eigenvalue weighted by Gasteiger charge is -2.30. The number of hydrogen-bond donors (Lipinski definition) is 1. The monoisotopic (exact) mass is 506 g/mol. The van der Waals surface area contributed by atoms with E-state index in [1.54, 1.807) is 24.3 Å². The molecule has 1 aromatic heterocycles. The van der Waals surface area contributed by atoms with Crippen molar-refractivity contribution >= 4 is 52.2 Å². The van der Waals surface area contributed by atoms with Gasteiger partial charge in [-0.1, -0.05) is 49.1 Å². The summed E-state index contributed by atoms with van der Waals surface area (Å²) < 4.78 is 5.95. The topological polar surface area (TPSA) is 83.1 Å². The molecule has 0 unspecified atom stereocenters. The molecule has 2 aromatic carbocycles. The van der Waals surface area contributed by atoms with E-state index in [1.165, 1.54) is 30.3 Å². The standard InChI is InChI=1S/C27H23ClN2O4S/c28-22-13-11-17(15-21(22)26(32)33)23-14-12-20(34-23)16-24-25(31)30(19-9-5-2-6-10-19)27(35-24)29-18-7-3-1-4-8-18/h1,3-4,7-8,11-16,19H,2,5-6,9-10H2,(H,32,33)/b24-16-,29-27?. The third-order valence-corrected chi connectivity index (χ3v) is 7.45. The number of aromatic carboxylic acids is 1. The van der Waals surface area contributed by atoms with Crippen molar-refractivity contribution in [2.24, 2.45) is 4.99 Å². The summed E-state index contributed by atoms with van der Waals surface area (Å²) >= 11 is 7.34. The highest BCUT2D eigenvalue weighted by Crippen LogP contribution is 2.39. The van der Waals surface area contributed by atoms with Crippen molar-refractivity contribution in [2.45, 2.75) is 38.1 Å². The van der Waals surface area contributed by atoms with Crippen molar-refractivity contribution in [1.29, 1.82) is 0 Å². The molecule has 6 nitrogen and oxygen atoms in total. The average molecular weight is 507 g/mol. The number of carbonyl (C=O) groups is 2. The van der Waals surface area contributed by atoms with Crippen LogP contribution in [0.1, 0.15) is 48.2 Å². The summed E-state index contributed by atoms with van der Waals surface area (Å²) in [5, 5.41) is 10.2. The predicted octanol–water partition coefficient (Wildman–Crippen LogP) is 7.23. The molecule has 3 aromatic rings. The molecule has 0 radical (unpaired) electrons. The molecule has 2 fully saturated rings. The van der Waals surface area contributed by atoms with E-state index in [-0.39, 0.29) is 22.5 Å². The minimum atomic E-state index is -1.10. The number of hydrogen-bond acceptors (Lipinski definition) is 5. The number of carbonyl (C=O) groups excluding carboxylic acids is 1. The van der Waals surface area contributed by atoms with Gasteiger partial charge < -0.3 is 9.52 Å². The lowest BCUT2D eigenvalue weighted by Crippen LogP contribution is -2.40. The highest BCUT2D eigenvalue weighted by atomic mass is 35.5. The van der Waals surface area contributed by atoms with Gasteiger partial charge in [-0.2, -0.15) is 0 Å². The first-order chi connectivity index (χ1) is 17.0. The average Bonchev–Trinajstić information content (AvgIpc) is 3.45. The number of thioether (sulfide) groups is 1. The van der Waals surface area contributed by atoms with E-state index in [2.05, 4.69) is 0 Å². The van der Waals surface area contributed by atoms with E-state index in [0.29, 0.717) is 27.2 Å². The Labute approximate surface area is 212 Å². The summed E-state index contributed by atoms with van der Waals surface area (Å²) in [5.74, 6) is -0.165. The van der Waals surface area contributed by atoms with Crippen molar-refractivity contribution in [3.05, 3.63) is 81.9 Å². The van der Waals surface area contributed by atoms with Gasteiger partial charge in [0.15, 0.2) is 5.17 Å². The second-order valence-electron chi connectivity index (χ2n) is 8.51. The summed E-state index contributed by atoms with van der Waals surface area (Å²) in [7, 11) is 0. The number of amides is 1. The first-order valence-electron chi connectivity index (χ1n) is 11.5. The van der Waals surface area contributed by atoms with Gasteiger partial charge in [0, 0.05) is 17.7 Å². The van der Waals surface area contributed by atoms with Crippen LogP contribution < -0.4 is 0 Å². The molecule has 1 saturated heterocycles. The van der Waals surface area contributed by atoms with Gasteiger partial charge >= 0.3 is 5.97 Å². The van der Waals surface area contributed by atoms with Crippen LogP contribution in [-0.4, -0.2) is 33.1 Å². The van der Waals surface area contributed by atoms with Gasteiger partial charge in [-0.15, -0.1) is 0 Å². The molecule has 2 heterocycles.